The molecule has 0 atom stereocenters. The molecular weight excluding hydrogens is 342 g/mol. The van der Waals surface area contributed by atoms with Gasteiger partial charge in [-0.15, -0.1) is 0 Å². The Morgan fingerprint density at radius 1 is 1.31 bits per heavy atom. The fraction of sp³-hybridized carbons (Fsp3) is 0.412. The molecule has 1 aliphatic carbocycles. The topological polar surface area (TPSA) is 77.1 Å². The van der Waals surface area contributed by atoms with Crippen LogP contribution in [0.4, 0.5) is 14.5 Å². The minimum atomic E-state index is -2.77. The molecule has 9 heteroatoms. The Morgan fingerprint density at radius 2 is 2.08 bits per heavy atom. The van der Waals surface area contributed by atoms with Crippen LogP contribution in [0.2, 0.25) is 0 Å². The zero-order valence-electron chi connectivity index (χ0n) is 14.4. The molecule has 0 spiro atoms. The van der Waals surface area contributed by atoms with Gasteiger partial charge >= 0.3 is 0 Å². The molecule has 1 fully saturated rings. The molecule has 1 amide bonds. The number of hydrogen-bond acceptors (Lipinski definition) is 4. The lowest BCUT2D eigenvalue weighted by Crippen LogP contribution is -2.25. The number of fused-ring (bicyclic) bond motifs is 1. The summed E-state index contributed by atoms with van der Waals surface area (Å²) in [6.07, 6.45) is 5.24. The van der Waals surface area contributed by atoms with Crippen LogP contribution in [0.1, 0.15) is 53.8 Å². The van der Waals surface area contributed by atoms with E-state index in [1.165, 1.54) is 21.6 Å². The van der Waals surface area contributed by atoms with Crippen molar-refractivity contribution in [1.29, 1.82) is 0 Å². The van der Waals surface area contributed by atoms with Crippen molar-refractivity contribution in [3.63, 3.8) is 0 Å². The molecule has 3 heterocycles. The van der Waals surface area contributed by atoms with Crippen molar-refractivity contribution in [2.24, 2.45) is 5.92 Å². The number of aromatic nitrogens is 5. The van der Waals surface area contributed by atoms with Crippen LogP contribution in [0.15, 0.2) is 24.8 Å². The lowest BCUT2D eigenvalue weighted by molar-refractivity contribution is 0.102. The molecule has 0 unspecified atom stereocenters. The SMILES string of the molecule is Cc1cnc2c(C(=O)Nc3cn([C@H]4C[C@H](C)C4)nc3C(F)F)cnn2c1. The lowest BCUT2D eigenvalue weighted by Gasteiger charge is -2.32. The van der Waals surface area contributed by atoms with Gasteiger partial charge in [0.1, 0.15) is 5.56 Å². The maximum atomic E-state index is 13.3. The molecule has 4 rings (SSSR count). The molecule has 3 aromatic rings. The van der Waals surface area contributed by atoms with Gasteiger partial charge in [0.25, 0.3) is 12.3 Å². The van der Waals surface area contributed by atoms with Gasteiger partial charge < -0.3 is 5.32 Å². The van der Waals surface area contributed by atoms with E-state index in [1.54, 1.807) is 12.4 Å². The zero-order chi connectivity index (χ0) is 18.4. The highest BCUT2D eigenvalue weighted by atomic mass is 19.3. The number of anilines is 1. The van der Waals surface area contributed by atoms with Gasteiger partial charge in [-0.25, -0.2) is 18.3 Å². The van der Waals surface area contributed by atoms with E-state index in [2.05, 4.69) is 27.4 Å². The van der Waals surface area contributed by atoms with Crippen molar-refractivity contribution in [1.82, 2.24) is 24.4 Å². The van der Waals surface area contributed by atoms with Crippen LogP contribution in [0.3, 0.4) is 0 Å². The Hall–Kier alpha value is -2.84. The Kier molecular flexibility index (Phi) is 3.93. The van der Waals surface area contributed by atoms with Gasteiger partial charge in [0.05, 0.1) is 17.9 Å². The number of halogens is 2. The number of amides is 1. The molecule has 0 saturated heterocycles. The van der Waals surface area contributed by atoms with Crippen molar-refractivity contribution in [2.75, 3.05) is 5.32 Å². The van der Waals surface area contributed by atoms with Gasteiger partial charge in [-0.1, -0.05) is 6.92 Å². The molecule has 1 saturated carbocycles. The normalized spacial score (nSPS) is 19.7. The smallest absolute Gasteiger partial charge is 0.284 e. The highest BCUT2D eigenvalue weighted by Crippen LogP contribution is 2.38. The molecular formula is C17H18F2N6O. The van der Waals surface area contributed by atoms with Gasteiger partial charge in [0.2, 0.25) is 0 Å². The Bertz CT molecular complexity index is 973. The second-order valence-electron chi connectivity index (χ2n) is 6.85. The third kappa shape index (κ3) is 2.83. The van der Waals surface area contributed by atoms with Crippen molar-refractivity contribution in [2.45, 2.75) is 39.2 Å². The highest BCUT2D eigenvalue weighted by Gasteiger charge is 2.30. The number of carbonyl (C=O) groups is 1. The minimum Gasteiger partial charge on any atom is -0.319 e. The number of nitrogens with one attached hydrogen (secondary N) is 1. The fourth-order valence-electron chi connectivity index (χ4n) is 3.24. The second-order valence-corrected chi connectivity index (χ2v) is 6.85. The van der Waals surface area contributed by atoms with Crippen LogP contribution < -0.4 is 5.32 Å². The molecule has 136 valence electrons. The summed E-state index contributed by atoms with van der Waals surface area (Å²) in [5.41, 5.74) is 1.08. The third-order valence-corrected chi connectivity index (χ3v) is 4.67. The number of rotatable bonds is 4. The molecule has 3 aromatic heterocycles. The van der Waals surface area contributed by atoms with Gasteiger partial charge in [0.15, 0.2) is 11.3 Å². The van der Waals surface area contributed by atoms with Crippen LogP contribution in [-0.4, -0.2) is 30.3 Å². The van der Waals surface area contributed by atoms with Gasteiger partial charge in [-0.05, 0) is 31.2 Å². The Morgan fingerprint density at radius 3 is 2.77 bits per heavy atom. The number of alkyl halides is 2. The van der Waals surface area contributed by atoms with Crippen molar-refractivity contribution < 1.29 is 13.6 Å². The first-order valence-electron chi connectivity index (χ1n) is 8.41. The molecule has 1 aliphatic rings. The first kappa shape index (κ1) is 16.6. The predicted octanol–water partition coefficient (Wildman–Crippen LogP) is 3.40. The summed E-state index contributed by atoms with van der Waals surface area (Å²) in [5.74, 6) is 0.0188. The molecule has 0 aromatic carbocycles. The maximum absolute atomic E-state index is 13.3. The molecule has 1 N–H and O–H groups in total. The Balaban J connectivity index is 1.62. The van der Waals surface area contributed by atoms with E-state index in [1.807, 2.05) is 6.92 Å². The van der Waals surface area contributed by atoms with Gasteiger partial charge in [0, 0.05) is 18.6 Å². The van der Waals surface area contributed by atoms with E-state index in [9.17, 15) is 13.6 Å². The molecule has 7 nitrogen and oxygen atoms in total. The van der Waals surface area contributed by atoms with Crippen LogP contribution in [0.5, 0.6) is 0 Å². The molecule has 0 radical (unpaired) electrons. The molecule has 26 heavy (non-hydrogen) atoms. The largest absolute Gasteiger partial charge is 0.319 e. The van der Waals surface area contributed by atoms with Crippen molar-refractivity contribution in [3.8, 4) is 0 Å². The van der Waals surface area contributed by atoms with Crippen LogP contribution >= 0.6 is 0 Å². The number of aryl methyl sites for hydroxylation is 1. The maximum Gasteiger partial charge on any atom is 0.284 e. The summed E-state index contributed by atoms with van der Waals surface area (Å²) >= 11 is 0. The summed E-state index contributed by atoms with van der Waals surface area (Å²) in [6.45, 7) is 3.97. The summed E-state index contributed by atoms with van der Waals surface area (Å²) in [5, 5.41) is 10.6. The van der Waals surface area contributed by atoms with E-state index < -0.39 is 18.0 Å². The van der Waals surface area contributed by atoms with Crippen molar-refractivity contribution >= 4 is 17.2 Å². The summed E-state index contributed by atoms with van der Waals surface area (Å²) < 4.78 is 29.7. The third-order valence-electron chi connectivity index (χ3n) is 4.67. The summed E-state index contributed by atoms with van der Waals surface area (Å²) in [6, 6.07) is 0.106. The summed E-state index contributed by atoms with van der Waals surface area (Å²) in [4.78, 5) is 16.8. The Labute approximate surface area is 148 Å². The van der Waals surface area contributed by atoms with Gasteiger partial charge in [-0.2, -0.15) is 10.2 Å². The van der Waals surface area contributed by atoms with E-state index in [4.69, 9.17) is 0 Å². The van der Waals surface area contributed by atoms with Gasteiger partial charge in [-0.3, -0.25) is 9.48 Å². The second kappa shape index (κ2) is 6.15. The standard InChI is InChI=1S/C17H18F2N6O/c1-9-3-11(4-9)24-8-13(14(23-24)15(18)19)22-17(26)12-6-21-25-7-10(2)5-20-16(12)25/h5-9,11,15H,3-4H2,1-2H3,(H,22,26)/t9-,11-. The zero-order valence-corrected chi connectivity index (χ0v) is 14.4. The number of carbonyl (C=O) groups excluding carboxylic acids is 1. The predicted molar refractivity (Wildman–Crippen MR) is 90.3 cm³/mol. The van der Waals surface area contributed by atoms with E-state index in [0.717, 1.165) is 18.4 Å². The van der Waals surface area contributed by atoms with Crippen LogP contribution in [-0.2, 0) is 0 Å². The minimum absolute atomic E-state index is 0.0241. The van der Waals surface area contributed by atoms with Crippen LogP contribution in [0, 0.1) is 12.8 Å². The average Bonchev–Trinajstić information content (AvgIpc) is 3.15. The fourth-order valence-corrected chi connectivity index (χ4v) is 3.24. The van der Waals surface area contributed by atoms with E-state index >= 15 is 0 Å². The average molecular weight is 360 g/mol. The summed E-state index contributed by atoms with van der Waals surface area (Å²) in [7, 11) is 0. The first-order chi connectivity index (χ1) is 12.4. The van der Waals surface area contributed by atoms with E-state index in [-0.39, 0.29) is 17.3 Å². The number of nitrogens with zero attached hydrogens (tertiary/aromatic N) is 5. The highest BCUT2D eigenvalue weighted by molar-refractivity contribution is 6.08. The molecule has 0 aliphatic heterocycles. The quantitative estimate of drug-likeness (QED) is 0.774. The first-order valence-corrected chi connectivity index (χ1v) is 8.41. The van der Waals surface area contributed by atoms with Crippen LogP contribution in [0.25, 0.3) is 5.65 Å². The van der Waals surface area contributed by atoms with E-state index in [0.29, 0.717) is 11.6 Å². The van der Waals surface area contributed by atoms with Crippen molar-refractivity contribution in [3.05, 3.63) is 41.6 Å². The number of hydrogen-bond donors (Lipinski definition) is 1. The monoisotopic (exact) mass is 360 g/mol. The molecule has 0 bridgehead atoms. The lowest BCUT2D eigenvalue weighted by atomic mass is 9.82.